The van der Waals surface area contributed by atoms with Crippen molar-refractivity contribution in [1.82, 2.24) is 4.98 Å². The number of ether oxygens (including phenoxy) is 1. The Morgan fingerprint density at radius 3 is 2.67 bits per heavy atom. The standard InChI is InChI=1S/C12H5F3N2O3S/c13-12(14,15)9-2-1-6(4-16)10(17-9)20-7-3-8(11(18)19)21-5-7/h1-3,5H,(H,18,19). The number of carboxylic acid groups (broad SMARTS) is 1. The number of thiophene rings is 1. The van der Waals surface area contributed by atoms with E-state index < -0.39 is 23.7 Å². The topological polar surface area (TPSA) is 83.2 Å². The number of carbonyl (C=O) groups is 1. The lowest BCUT2D eigenvalue weighted by Gasteiger charge is -2.09. The van der Waals surface area contributed by atoms with Crippen LogP contribution in [0.2, 0.25) is 0 Å². The maximum Gasteiger partial charge on any atom is 0.433 e. The molecular formula is C12H5F3N2O3S. The highest BCUT2D eigenvalue weighted by molar-refractivity contribution is 7.12. The van der Waals surface area contributed by atoms with E-state index in [4.69, 9.17) is 15.1 Å². The second-order valence-corrected chi connectivity index (χ2v) is 4.62. The molecule has 0 radical (unpaired) electrons. The maximum atomic E-state index is 12.6. The van der Waals surface area contributed by atoms with Gasteiger partial charge in [0.25, 0.3) is 0 Å². The van der Waals surface area contributed by atoms with Gasteiger partial charge in [0.15, 0.2) is 0 Å². The van der Waals surface area contributed by atoms with Crippen molar-refractivity contribution >= 4 is 17.3 Å². The summed E-state index contributed by atoms with van der Waals surface area (Å²) < 4.78 is 42.8. The second kappa shape index (κ2) is 5.41. The Labute approximate surface area is 119 Å². The van der Waals surface area contributed by atoms with Gasteiger partial charge in [0, 0.05) is 11.4 Å². The van der Waals surface area contributed by atoms with Crippen LogP contribution in [0.1, 0.15) is 20.9 Å². The van der Waals surface area contributed by atoms with E-state index in [-0.39, 0.29) is 16.2 Å². The van der Waals surface area contributed by atoms with Crippen molar-refractivity contribution in [3.63, 3.8) is 0 Å². The van der Waals surface area contributed by atoms with Gasteiger partial charge in [-0.2, -0.15) is 18.4 Å². The van der Waals surface area contributed by atoms with Gasteiger partial charge in [-0.25, -0.2) is 9.78 Å². The molecule has 0 aromatic carbocycles. The lowest BCUT2D eigenvalue weighted by Crippen LogP contribution is -2.09. The quantitative estimate of drug-likeness (QED) is 0.937. The van der Waals surface area contributed by atoms with Gasteiger partial charge in [0.05, 0.1) is 0 Å². The second-order valence-electron chi connectivity index (χ2n) is 3.71. The van der Waals surface area contributed by atoms with Gasteiger partial charge in [0.2, 0.25) is 5.88 Å². The molecule has 0 spiro atoms. The fraction of sp³-hybridized carbons (Fsp3) is 0.0833. The van der Waals surface area contributed by atoms with Crippen molar-refractivity contribution < 1.29 is 27.8 Å². The van der Waals surface area contributed by atoms with Gasteiger partial charge >= 0.3 is 12.1 Å². The van der Waals surface area contributed by atoms with E-state index in [1.807, 2.05) is 0 Å². The minimum Gasteiger partial charge on any atom is -0.477 e. The molecule has 0 amide bonds. The number of carboxylic acids is 1. The number of halogens is 3. The first kappa shape index (κ1) is 14.8. The number of pyridine rings is 1. The Kier molecular flexibility index (Phi) is 3.82. The number of alkyl halides is 3. The van der Waals surface area contributed by atoms with Crippen LogP contribution < -0.4 is 4.74 Å². The first-order valence-corrected chi connectivity index (χ1v) is 6.17. The number of nitrogens with zero attached hydrogens (tertiary/aromatic N) is 2. The minimum atomic E-state index is -4.67. The predicted molar refractivity (Wildman–Crippen MR) is 65.3 cm³/mol. The largest absolute Gasteiger partial charge is 0.477 e. The number of nitriles is 1. The summed E-state index contributed by atoms with van der Waals surface area (Å²) >= 11 is 0.843. The molecule has 0 aliphatic heterocycles. The molecule has 0 aliphatic rings. The van der Waals surface area contributed by atoms with Crippen LogP contribution in [0.25, 0.3) is 0 Å². The summed E-state index contributed by atoms with van der Waals surface area (Å²) in [5.74, 6) is -1.71. The first-order chi connectivity index (χ1) is 9.81. The molecule has 2 rings (SSSR count). The van der Waals surface area contributed by atoms with Crippen molar-refractivity contribution in [2.24, 2.45) is 0 Å². The average Bonchev–Trinajstić information content (AvgIpc) is 2.86. The zero-order valence-electron chi connectivity index (χ0n) is 10.0. The summed E-state index contributed by atoms with van der Waals surface area (Å²) in [5, 5.41) is 18.9. The smallest absolute Gasteiger partial charge is 0.433 e. The molecule has 5 nitrogen and oxygen atoms in total. The van der Waals surface area contributed by atoms with Crippen LogP contribution in [-0.4, -0.2) is 16.1 Å². The maximum absolute atomic E-state index is 12.6. The number of hydrogen-bond donors (Lipinski definition) is 1. The molecular weight excluding hydrogens is 309 g/mol. The van der Waals surface area contributed by atoms with E-state index >= 15 is 0 Å². The van der Waals surface area contributed by atoms with Gasteiger partial charge in [-0.3, -0.25) is 0 Å². The van der Waals surface area contributed by atoms with Crippen LogP contribution in [0.5, 0.6) is 11.6 Å². The van der Waals surface area contributed by atoms with Crippen LogP contribution in [0, 0.1) is 11.3 Å². The zero-order chi connectivity index (χ0) is 15.6. The Hall–Kier alpha value is -2.60. The lowest BCUT2D eigenvalue weighted by atomic mass is 10.2. The highest BCUT2D eigenvalue weighted by Gasteiger charge is 2.33. The Balaban J connectivity index is 2.37. The monoisotopic (exact) mass is 314 g/mol. The van der Waals surface area contributed by atoms with Crippen molar-refractivity contribution in [3.05, 3.63) is 39.7 Å². The molecule has 21 heavy (non-hydrogen) atoms. The van der Waals surface area contributed by atoms with Crippen molar-refractivity contribution in [1.29, 1.82) is 5.26 Å². The molecule has 0 saturated carbocycles. The average molecular weight is 314 g/mol. The highest BCUT2D eigenvalue weighted by atomic mass is 32.1. The summed E-state index contributed by atoms with van der Waals surface area (Å²) in [5.41, 5.74) is -1.39. The molecule has 0 atom stereocenters. The van der Waals surface area contributed by atoms with Crippen molar-refractivity contribution in [2.45, 2.75) is 6.18 Å². The number of rotatable bonds is 3. The number of aromatic carboxylic acids is 1. The number of aromatic nitrogens is 1. The van der Waals surface area contributed by atoms with Gasteiger partial charge in [-0.1, -0.05) is 0 Å². The minimum absolute atomic E-state index is 0.000671. The zero-order valence-corrected chi connectivity index (χ0v) is 10.8. The molecule has 0 fully saturated rings. The third-order valence-corrected chi connectivity index (χ3v) is 3.17. The van der Waals surface area contributed by atoms with E-state index in [0.717, 1.165) is 23.5 Å². The molecule has 0 unspecified atom stereocenters. The fourth-order valence-corrected chi connectivity index (χ4v) is 2.00. The van der Waals surface area contributed by atoms with E-state index in [1.54, 1.807) is 6.07 Å². The third kappa shape index (κ3) is 3.29. The molecule has 108 valence electrons. The van der Waals surface area contributed by atoms with Crippen LogP contribution in [0.3, 0.4) is 0 Å². The van der Waals surface area contributed by atoms with Crippen molar-refractivity contribution in [2.75, 3.05) is 0 Å². The Morgan fingerprint density at radius 1 is 1.43 bits per heavy atom. The normalized spacial score (nSPS) is 11.0. The highest BCUT2D eigenvalue weighted by Crippen LogP contribution is 2.32. The Morgan fingerprint density at radius 2 is 2.14 bits per heavy atom. The first-order valence-electron chi connectivity index (χ1n) is 5.29. The molecule has 0 aliphatic carbocycles. The summed E-state index contributed by atoms with van der Waals surface area (Å²) in [4.78, 5) is 13.9. The van der Waals surface area contributed by atoms with Crippen LogP contribution >= 0.6 is 11.3 Å². The van der Waals surface area contributed by atoms with E-state index in [1.165, 1.54) is 5.38 Å². The molecule has 0 bridgehead atoms. The van der Waals surface area contributed by atoms with Gasteiger partial charge in [-0.05, 0) is 12.1 Å². The van der Waals surface area contributed by atoms with Gasteiger partial charge in [-0.15, -0.1) is 11.3 Å². The van der Waals surface area contributed by atoms with Crippen LogP contribution in [-0.2, 0) is 6.18 Å². The van der Waals surface area contributed by atoms with Crippen molar-refractivity contribution in [3.8, 4) is 17.7 Å². The summed E-state index contributed by atoms with van der Waals surface area (Å²) in [6.07, 6.45) is -4.67. The van der Waals surface area contributed by atoms with Crippen LogP contribution in [0.4, 0.5) is 13.2 Å². The van der Waals surface area contributed by atoms with Gasteiger partial charge in [0.1, 0.15) is 28.0 Å². The molecule has 2 aromatic rings. The SMILES string of the molecule is N#Cc1ccc(C(F)(F)F)nc1Oc1csc(C(=O)O)c1. The number of hydrogen-bond acceptors (Lipinski definition) is 5. The summed E-state index contributed by atoms with van der Waals surface area (Å²) in [6.45, 7) is 0. The van der Waals surface area contributed by atoms with E-state index in [2.05, 4.69) is 4.98 Å². The molecule has 0 saturated heterocycles. The fourth-order valence-electron chi connectivity index (χ4n) is 1.36. The van der Waals surface area contributed by atoms with Gasteiger partial charge < -0.3 is 9.84 Å². The summed E-state index contributed by atoms with van der Waals surface area (Å²) in [6, 6.07) is 4.40. The molecule has 9 heteroatoms. The Bertz CT molecular complexity index is 734. The lowest BCUT2D eigenvalue weighted by molar-refractivity contribution is -0.141. The molecule has 2 aromatic heterocycles. The van der Waals surface area contributed by atoms with E-state index in [9.17, 15) is 18.0 Å². The molecule has 1 N–H and O–H groups in total. The van der Waals surface area contributed by atoms with E-state index in [0.29, 0.717) is 6.07 Å². The summed E-state index contributed by atoms with van der Waals surface area (Å²) in [7, 11) is 0. The predicted octanol–water partition coefficient (Wildman–Crippen LogP) is 3.52. The third-order valence-electron chi connectivity index (χ3n) is 2.27. The van der Waals surface area contributed by atoms with Crippen LogP contribution in [0.15, 0.2) is 23.6 Å². The molecule has 2 heterocycles.